The van der Waals surface area contributed by atoms with Crippen LogP contribution in [0.3, 0.4) is 0 Å². The summed E-state index contributed by atoms with van der Waals surface area (Å²) in [5.74, 6) is -0.214. The van der Waals surface area contributed by atoms with E-state index in [4.69, 9.17) is 9.15 Å². The van der Waals surface area contributed by atoms with Crippen LogP contribution in [-0.4, -0.2) is 30.5 Å². The molecule has 0 aliphatic rings. The van der Waals surface area contributed by atoms with Crippen molar-refractivity contribution in [1.82, 2.24) is 10.3 Å². The van der Waals surface area contributed by atoms with E-state index in [0.29, 0.717) is 35.1 Å². The zero-order valence-corrected chi connectivity index (χ0v) is 15.8. The topological polar surface area (TPSA) is 93.5 Å². The van der Waals surface area contributed by atoms with E-state index < -0.39 is 5.82 Å². The summed E-state index contributed by atoms with van der Waals surface area (Å²) in [6.45, 7) is 0.344. The lowest BCUT2D eigenvalue weighted by Gasteiger charge is -2.06. The van der Waals surface area contributed by atoms with Crippen LogP contribution in [0.1, 0.15) is 23.4 Å². The number of benzene rings is 1. The Morgan fingerprint density at radius 1 is 1.32 bits per heavy atom. The second-order valence-corrected chi connectivity index (χ2v) is 6.63. The highest BCUT2D eigenvalue weighted by molar-refractivity contribution is 7.14. The minimum Gasteiger partial charge on any atom is -0.496 e. The Balaban J connectivity index is 1.49. The van der Waals surface area contributed by atoms with Gasteiger partial charge in [-0.2, -0.15) is 0 Å². The zero-order chi connectivity index (χ0) is 19.9. The highest BCUT2D eigenvalue weighted by Gasteiger charge is 2.13. The Kier molecular flexibility index (Phi) is 6.38. The van der Waals surface area contributed by atoms with Crippen molar-refractivity contribution >= 4 is 28.3 Å². The van der Waals surface area contributed by atoms with Crippen molar-refractivity contribution in [3.63, 3.8) is 0 Å². The van der Waals surface area contributed by atoms with Crippen molar-refractivity contribution < 1.29 is 23.1 Å². The van der Waals surface area contributed by atoms with Gasteiger partial charge in [0.1, 0.15) is 11.6 Å². The van der Waals surface area contributed by atoms with Crippen LogP contribution >= 0.6 is 11.3 Å². The highest BCUT2D eigenvalue weighted by Crippen LogP contribution is 2.32. The molecule has 2 N–H and O–H groups in total. The van der Waals surface area contributed by atoms with E-state index >= 15 is 0 Å². The van der Waals surface area contributed by atoms with Gasteiger partial charge in [0.15, 0.2) is 10.9 Å². The van der Waals surface area contributed by atoms with Gasteiger partial charge in [0.05, 0.1) is 19.1 Å². The quantitative estimate of drug-likeness (QED) is 0.560. The monoisotopic (exact) mass is 403 g/mol. The molecular weight excluding hydrogens is 385 g/mol. The highest BCUT2D eigenvalue weighted by atomic mass is 32.1. The van der Waals surface area contributed by atoms with E-state index in [1.54, 1.807) is 17.5 Å². The first kappa shape index (κ1) is 19.6. The molecule has 2 aromatic heterocycles. The second-order valence-electron chi connectivity index (χ2n) is 5.77. The van der Waals surface area contributed by atoms with Crippen molar-refractivity contribution in [3.8, 4) is 17.0 Å². The summed E-state index contributed by atoms with van der Waals surface area (Å²) >= 11 is 1.24. The fourth-order valence-corrected chi connectivity index (χ4v) is 3.19. The molecule has 28 heavy (non-hydrogen) atoms. The number of hydrogen-bond donors (Lipinski definition) is 2. The molecule has 9 heteroatoms. The van der Waals surface area contributed by atoms with Gasteiger partial charge >= 0.3 is 0 Å². The van der Waals surface area contributed by atoms with Gasteiger partial charge in [-0.3, -0.25) is 9.59 Å². The molecule has 0 saturated carbocycles. The number of nitrogens with one attached hydrogen (secondary N) is 2. The van der Waals surface area contributed by atoms with Crippen LogP contribution in [0.25, 0.3) is 11.3 Å². The molecule has 0 radical (unpaired) electrons. The predicted octanol–water partition coefficient (Wildman–Crippen LogP) is 3.70. The van der Waals surface area contributed by atoms with Crippen molar-refractivity contribution in [3.05, 3.63) is 53.6 Å². The van der Waals surface area contributed by atoms with E-state index in [2.05, 4.69) is 15.6 Å². The minimum atomic E-state index is -0.397. The van der Waals surface area contributed by atoms with Crippen LogP contribution in [0.2, 0.25) is 0 Å². The summed E-state index contributed by atoms with van der Waals surface area (Å²) in [6.07, 6.45) is 2.11. The van der Waals surface area contributed by atoms with Crippen LogP contribution in [0.5, 0.6) is 5.75 Å². The van der Waals surface area contributed by atoms with Gasteiger partial charge in [0.2, 0.25) is 5.91 Å². The summed E-state index contributed by atoms with van der Waals surface area (Å²) in [7, 11) is 1.50. The fourth-order valence-electron chi connectivity index (χ4n) is 2.46. The molecule has 0 fully saturated rings. The van der Waals surface area contributed by atoms with Gasteiger partial charge in [-0.1, -0.05) is 0 Å². The number of aromatic nitrogens is 1. The lowest BCUT2D eigenvalue weighted by Crippen LogP contribution is -2.25. The number of halogens is 1. The molecule has 0 aliphatic carbocycles. The van der Waals surface area contributed by atoms with Crippen LogP contribution in [-0.2, 0) is 4.79 Å². The number of hydrogen-bond acceptors (Lipinski definition) is 6. The molecule has 146 valence electrons. The average molecular weight is 403 g/mol. The molecule has 0 bridgehead atoms. The second kappa shape index (κ2) is 9.14. The first-order valence-electron chi connectivity index (χ1n) is 8.48. The maximum absolute atomic E-state index is 13.5. The largest absolute Gasteiger partial charge is 0.496 e. The minimum absolute atomic E-state index is 0.219. The molecule has 2 heterocycles. The third kappa shape index (κ3) is 4.95. The van der Waals surface area contributed by atoms with Crippen molar-refractivity contribution in [1.29, 1.82) is 0 Å². The smallest absolute Gasteiger partial charge is 0.286 e. The number of nitrogens with zero attached hydrogens (tertiary/aromatic N) is 1. The van der Waals surface area contributed by atoms with E-state index in [1.807, 2.05) is 0 Å². The van der Waals surface area contributed by atoms with Crippen LogP contribution in [0.4, 0.5) is 9.52 Å². The molecule has 2 amide bonds. The molecule has 0 saturated heterocycles. The standard InChI is InChI=1S/C19H18FN3O4S/c1-26-15-7-6-12(20)10-13(15)14-11-28-19(22-14)23-17(24)5-2-8-21-18(25)16-4-3-9-27-16/h3-4,6-7,9-11H,2,5,8H2,1H3,(H,21,25)(H,22,23,24). The summed E-state index contributed by atoms with van der Waals surface area (Å²) < 4.78 is 23.7. The number of methoxy groups -OCH3 is 1. The molecule has 3 aromatic rings. The van der Waals surface area contributed by atoms with Gasteiger partial charge in [-0.15, -0.1) is 11.3 Å². The summed E-state index contributed by atoms with van der Waals surface area (Å²) in [5.41, 5.74) is 1.03. The molecule has 0 unspecified atom stereocenters. The van der Waals surface area contributed by atoms with Crippen molar-refractivity contribution in [2.24, 2.45) is 0 Å². The third-order valence-corrected chi connectivity index (χ3v) is 4.56. The summed E-state index contributed by atoms with van der Waals surface area (Å²) in [4.78, 5) is 28.1. The SMILES string of the molecule is COc1ccc(F)cc1-c1csc(NC(=O)CCCNC(=O)c2ccco2)n1. The fraction of sp³-hybridized carbons (Fsp3) is 0.211. The first-order chi connectivity index (χ1) is 13.6. The molecule has 0 atom stereocenters. The summed E-state index contributed by atoms with van der Waals surface area (Å²) in [5, 5.41) is 7.50. The number of amides is 2. The Hall–Kier alpha value is -3.20. The predicted molar refractivity (Wildman–Crippen MR) is 103 cm³/mol. The van der Waals surface area contributed by atoms with Gasteiger partial charge in [-0.05, 0) is 36.8 Å². The van der Waals surface area contributed by atoms with Crippen molar-refractivity contribution in [2.75, 3.05) is 19.0 Å². The maximum atomic E-state index is 13.5. The van der Waals surface area contributed by atoms with Crippen LogP contribution in [0, 0.1) is 5.82 Å². The van der Waals surface area contributed by atoms with Gasteiger partial charge in [0, 0.05) is 23.9 Å². The normalized spacial score (nSPS) is 10.5. The number of carbonyl (C=O) groups excluding carboxylic acids is 2. The Labute approximate surface area is 164 Å². The van der Waals surface area contributed by atoms with Crippen LogP contribution in [0.15, 0.2) is 46.4 Å². The van der Waals surface area contributed by atoms with Crippen LogP contribution < -0.4 is 15.4 Å². The third-order valence-electron chi connectivity index (χ3n) is 3.80. The number of carbonyl (C=O) groups is 2. The van der Waals surface area contributed by atoms with E-state index in [9.17, 15) is 14.0 Å². The number of anilines is 1. The van der Waals surface area contributed by atoms with E-state index in [-0.39, 0.29) is 24.0 Å². The lowest BCUT2D eigenvalue weighted by molar-refractivity contribution is -0.116. The Morgan fingerprint density at radius 2 is 2.18 bits per heavy atom. The molecule has 0 aliphatic heterocycles. The summed E-state index contributed by atoms with van der Waals surface area (Å²) in [6, 6.07) is 7.36. The van der Waals surface area contributed by atoms with Gasteiger partial charge < -0.3 is 19.8 Å². The van der Waals surface area contributed by atoms with Gasteiger partial charge in [-0.25, -0.2) is 9.37 Å². The lowest BCUT2D eigenvalue weighted by atomic mass is 10.1. The molecule has 0 spiro atoms. The molecule has 1 aromatic carbocycles. The Bertz CT molecular complexity index is 956. The number of thiazole rings is 1. The average Bonchev–Trinajstić information content (AvgIpc) is 3.37. The first-order valence-corrected chi connectivity index (χ1v) is 9.36. The number of rotatable bonds is 8. The molecular formula is C19H18FN3O4S. The number of ether oxygens (including phenoxy) is 1. The Morgan fingerprint density at radius 3 is 2.93 bits per heavy atom. The maximum Gasteiger partial charge on any atom is 0.286 e. The molecule has 3 rings (SSSR count). The zero-order valence-electron chi connectivity index (χ0n) is 15.0. The van der Waals surface area contributed by atoms with Gasteiger partial charge in [0.25, 0.3) is 5.91 Å². The van der Waals surface area contributed by atoms with E-state index in [0.717, 1.165) is 0 Å². The number of furan rings is 1. The molecule has 7 nitrogen and oxygen atoms in total. The van der Waals surface area contributed by atoms with E-state index in [1.165, 1.54) is 42.9 Å². The van der Waals surface area contributed by atoms with Crippen molar-refractivity contribution in [2.45, 2.75) is 12.8 Å².